The van der Waals surface area contributed by atoms with E-state index >= 15 is 0 Å². The van der Waals surface area contributed by atoms with Gasteiger partial charge in [-0.3, -0.25) is 0 Å². The van der Waals surface area contributed by atoms with Crippen molar-refractivity contribution in [3.63, 3.8) is 0 Å². The van der Waals surface area contributed by atoms with Crippen molar-refractivity contribution in [2.45, 2.75) is 6.29 Å². The fourth-order valence-corrected chi connectivity index (χ4v) is 1.14. The molecule has 1 aliphatic rings. The number of phenols is 1. The number of β-amino-alcohol motifs (C(OH)–C–C–N with tert-alkyl or cyclic N) is 1. The van der Waals surface area contributed by atoms with E-state index in [0.29, 0.717) is 18.0 Å². The third-order valence-electron chi connectivity index (χ3n) is 1.69. The second-order valence-electron chi connectivity index (χ2n) is 2.63. The average Bonchev–Trinajstić information content (AvgIpc) is 2.05. The number of nitrogens with one attached hydrogen (secondary N) is 1. The van der Waals surface area contributed by atoms with Gasteiger partial charge in [0.15, 0.2) is 0 Å². The molecule has 1 atom stereocenters. The number of phenolic OH excluding ortho intramolecular Hbond substituents is 1. The molecule has 3 N–H and O–H groups in total. The Kier molecular flexibility index (Phi) is 1.55. The Morgan fingerprint density at radius 3 is 3.17 bits per heavy atom. The molecular formula is C8H9NO3. The Morgan fingerprint density at radius 1 is 1.50 bits per heavy atom. The zero-order chi connectivity index (χ0) is 8.55. The third kappa shape index (κ3) is 1.16. The first-order chi connectivity index (χ1) is 5.75. The van der Waals surface area contributed by atoms with Crippen molar-refractivity contribution in [3.05, 3.63) is 18.2 Å². The van der Waals surface area contributed by atoms with Crippen LogP contribution in [0.1, 0.15) is 0 Å². The lowest BCUT2D eigenvalue weighted by Gasteiger charge is -2.23. The largest absolute Gasteiger partial charge is 0.508 e. The summed E-state index contributed by atoms with van der Waals surface area (Å²) in [5, 5.41) is 21.1. The smallest absolute Gasteiger partial charge is 0.214 e. The topological polar surface area (TPSA) is 61.7 Å². The fraction of sp³-hybridized carbons (Fsp3) is 0.250. The molecule has 1 unspecified atom stereocenters. The van der Waals surface area contributed by atoms with Crippen LogP contribution in [0.2, 0.25) is 0 Å². The van der Waals surface area contributed by atoms with Gasteiger partial charge in [-0.1, -0.05) is 0 Å². The Hall–Kier alpha value is -1.42. The van der Waals surface area contributed by atoms with E-state index < -0.39 is 6.29 Å². The van der Waals surface area contributed by atoms with E-state index in [1.165, 1.54) is 6.07 Å². The first-order valence-electron chi connectivity index (χ1n) is 3.67. The maximum atomic E-state index is 9.10. The summed E-state index contributed by atoms with van der Waals surface area (Å²) in [5.41, 5.74) is 0.709. The van der Waals surface area contributed by atoms with E-state index in [9.17, 15) is 0 Å². The summed E-state index contributed by atoms with van der Waals surface area (Å²) in [4.78, 5) is 0. The van der Waals surface area contributed by atoms with E-state index in [2.05, 4.69) is 5.32 Å². The van der Waals surface area contributed by atoms with Crippen LogP contribution in [0.25, 0.3) is 0 Å². The molecule has 0 spiro atoms. The molecule has 0 saturated heterocycles. The number of rotatable bonds is 0. The maximum absolute atomic E-state index is 9.10. The van der Waals surface area contributed by atoms with Crippen molar-refractivity contribution in [2.75, 3.05) is 11.9 Å². The summed E-state index contributed by atoms with van der Waals surface area (Å²) in [5.74, 6) is 0.743. The Balaban J connectivity index is 2.37. The van der Waals surface area contributed by atoms with E-state index in [-0.39, 0.29) is 5.75 Å². The zero-order valence-corrected chi connectivity index (χ0v) is 6.32. The molecule has 0 radical (unpaired) electrons. The van der Waals surface area contributed by atoms with Crippen LogP contribution in [-0.4, -0.2) is 23.0 Å². The number of fused-ring (bicyclic) bond motifs is 1. The van der Waals surface area contributed by atoms with Crippen LogP contribution in [0.15, 0.2) is 18.2 Å². The number of aromatic hydroxyl groups is 1. The van der Waals surface area contributed by atoms with Gasteiger partial charge in [0.05, 0.1) is 12.2 Å². The molecule has 2 rings (SSSR count). The van der Waals surface area contributed by atoms with E-state index in [1.54, 1.807) is 12.1 Å². The molecular weight excluding hydrogens is 158 g/mol. The molecule has 4 nitrogen and oxygen atoms in total. The molecule has 0 aliphatic carbocycles. The molecule has 0 aromatic heterocycles. The van der Waals surface area contributed by atoms with Crippen molar-refractivity contribution in [3.8, 4) is 11.5 Å². The van der Waals surface area contributed by atoms with Gasteiger partial charge in [-0.15, -0.1) is 0 Å². The van der Waals surface area contributed by atoms with Crippen molar-refractivity contribution >= 4 is 5.69 Å². The number of aliphatic hydroxyl groups is 1. The van der Waals surface area contributed by atoms with Gasteiger partial charge in [-0.05, 0) is 12.1 Å². The Bertz CT molecular complexity index is 300. The average molecular weight is 167 g/mol. The van der Waals surface area contributed by atoms with Gasteiger partial charge < -0.3 is 20.3 Å². The lowest BCUT2D eigenvalue weighted by molar-refractivity contribution is -0.00985. The van der Waals surface area contributed by atoms with Gasteiger partial charge in [0.2, 0.25) is 6.29 Å². The van der Waals surface area contributed by atoms with Crippen LogP contribution in [0, 0.1) is 0 Å². The van der Waals surface area contributed by atoms with Crippen LogP contribution < -0.4 is 10.1 Å². The number of aliphatic hydroxyl groups excluding tert-OH is 1. The maximum Gasteiger partial charge on any atom is 0.214 e. The van der Waals surface area contributed by atoms with Gasteiger partial charge in [-0.25, -0.2) is 0 Å². The molecule has 1 aliphatic heterocycles. The van der Waals surface area contributed by atoms with Crippen LogP contribution in [0.3, 0.4) is 0 Å². The first kappa shape index (κ1) is 7.24. The molecule has 0 saturated carbocycles. The SMILES string of the molecule is Oc1ccc2c(c1)NCC(O)O2. The molecule has 0 fully saturated rings. The molecule has 0 bridgehead atoms. The fourth-order valence-electron chi connectivity index (χ4n) is 1.14. The highest BCUT2D eigenvalue weighted by Crippen LogP contribution is 2.31. The van der Waals surface area contributed by atoms with Gasteiger partial charge in [0.25, 0.3) is 0 Å². The van der Waals surface area contributed by atoms with Gasteiger partial charge in [0.1, 0.15) is 11.5 Å². The third-order valence-corrected chi connectivity index (χ3v) is 1.69. The minimum atomic E-state index is -0.804. The Morgan fingerprint density at radius 2 is 2.33 bits per heavy atom. The summed E-state index contributed by atoms with van der Waals surface area (Å²) in [6, 6.07) is 4.68. The zero-order valence-electron chi connectivity index (χ0n) is 6.32. The molecule has 1 heterocycles. The number of anilines is 1. The molecule has 1 aromatic rings. The van der Waals surface area contributed by atoms with Gasteiger partial charge in [-0.2, -0.15) is 0 Å². The second-order valence-corrected chi connectivity index (χ2v) is 2.63. The summed E-state index contributed by atoms with van der Waals surface area (Å²) >= 11 is 0. The molecule has 12 heavy (non-hydrogen) atoms. The van der Waals surface area contributed by atoms with Gasteiger partial charge in [0, 0.05) is 6.07 Å². The standard InChI is InChI=1S/C8H9NO3/c10-5-1-2-7-6(3-5)9-4-8(11)12-7/h1-3,8-11H,4H2. The van der Waals surface area contributed by atoms with Crippen LogP contribution in [0.4, 0.5) is 5.69 Å². The highest BCUT2D eigenvalue weighted by atomic mass is 16.6. The molecule has 64 valence electrons. The number of hydrogen-bond donors (Lipinski definition) is 3. The van der Waals surface area contributed by atoms with Crippen molar-refractivity contribution in [1.29, 1.82) is 0 Å². The lowest BCUT2D eigenvalue weighted by Crippen LogP contribution is -2.29. The lowest BCUT2D eigenvalue weighted by atomic mass is 10.2. The van der Waals surface area contributed by atoms with Crippen molar-refractivity contribution < 1.29 is 14.9 Å². The monoisotopic (exact) mass is 167 g/mol. The number of hydrogen-bond acceptors (Lipinski definition) is 4. The highest BCUT2D eigenvalue weighted by Gasteiger charge is 2.16. The minimum absolute atomic E-state index is 0.182. The predicted molar refractivity (Wildman–Crippen MR) is 43.2 cm³/mol. The summed E-state index contributed by atoms with van der Waals surface area (Å²) in [6.07, 6.45) is -0.804. The number of benzene rings is 1. The van der Waals surface area contributed by atoms with Crippen LogP contribution in [-0.2, 0) is 0 Å². The summed E-state index contributed by atoms with van der Waals surface area (Å²) in [6.45, 7) is 0.344. The quantitative estimate of drug-likeness (QED) is 0.527. The van der Waals surface area contributed by atoms with E-state index in [4.69, 9.17) is 14.9 Å². The second kappa shape index (κ2) is 2.57. The van der Waals surface area contributed by atoms with Crippen LogP contribution >= 0.6 is 0 Å². The first-order valence-corrected chi connectivity index (χ1v) is 3.67. The van der Waals surface area contributed by atoms with E-state index in [0.717, 1.165) is 0 Å². The molecule has 0 amide bonds. The Labute approximate surface area is 69.4 Å². The van der Waals surface area contributed by atoms with Crippen molar-refractivity contribution in [2.24, 2.45) is 0 Å². The van der Waals surface area contributed by atoms with E-state index in [1.807, 2.05) is 0 Å². The summed E-state index contributed by atoms with van der Waals surface area (Å²) in [7, 11) is 0. The van der Waals surface area contributed by atoms with Crippen molar-refractivity contribution in [1.82, 2.24) is 0 Å². The highest BCUT2D eigenvalue weighted by molar-refractivity contribution is 5.60. The van der Waals surface area contributed by atoms with Gasteiger partial charge >= 0.3 is 0 Å². The normalized spacial score (nSPS) is 20.6. The summed E-state index contributed by atoms with van der Waals surface area (Å²) < 4.78 is 5.07. The predicted octanol–water partition coefficient (Wildman–Crippen LogP) is 0.515. The number of ether oxygens (including phenoxy) is 1. The molecule has 4 heteroatoms. The minimum Gasteiger partial charge on any atom is -0.508 e. The van der Waals surface area contributed by atoms with Crippen LogP contribution in [0.5, 0.6) is 11.5 Å². The molecule has 1 aromatic carbocycles.